The molecule has 28 heavy (non-hydrogen) atoms. The largest absolute Gasteiger partial charge is 0.348 e. The van der Waals surface area contributed by atoms with E-state index in [0.29, 0.717) is 17.8 Å². The number of anilines is 1. The topological polar surface area (TPSA) is 85.2 Å². The summed E-state index contributed by atoms with van der Waals surface area (Å²) in [4.78, 5) is 26.0. The molecule has 2 aromatic rings. The van der Waals surface area contributed by atoms with Gasteiger partial charge in [-0.15, -0.1) is 0 Å². The number of carbonyl (C=O) groups excluding carboxylic acids is 2. The lowest BCUT2D eigenvalue weighted by molar-refractivity contribution is -0.116. The van der Waals surface area contributed by atoms with Gasteiger partial charge in [-0.25, -0.2) is 4.79 Å². The molecular formula is C22H22N4O2. The molecule has 1 aliphatic heterocycles. The number of likely N-dealkylation sites (tertiary alicyclic amines) is 1. The Balaban J connectivity index is 1.52. The Hall–Kier alpha value is -3.59. The molecule has 142 valence electrons. The van der Waals surface area contributed by atoms with Gasteiger partial charge in [-0.3, -0.25) is 4.79 Å². The van der Waals surface area contributed by atoms with Gasteiger partial charge in [0.1, 0.15) is 0 Å². The first-order chi connectivity index (χ1) is 13.6. The molecule has 0 unspecified atom stereocenters. The standard InChI is InChI=1S/C22H22N4O2/c23-15-18-6-3-5-17(13-18)9-10-21(27)24-16-19-7-4-8-20(14-19)25-22(28)26-11-1-2-12-26/h3-10,13-14H,1-2,11-12,16H2,(H,24,27)(H,25,28)/b10-9+. The number of benzene rings is 2. The van der Waals surface area contributed by atoms with E-state index in [9.17, 15) is 9.59 Å². The summed E-state index contributed by atoms with van der Waals surface area (Å²) in [7, 11) is 0. The van der Waals surface area contributed by atoms with Crippen LogP contribution in [-0.4, -0.2) is 29.9 Å². The molecule has 2 aromatic carbocycles. The highest BCUT2D eigenvalue weighted by Crippen LogP contribution is 2.14. The monoisotopic (exact) mass is 374 g/mol. The van der Waals surface area contributed by atoms with Crippen LogP contribution >= 0.6 is 0 Å². The number of rotatable bonds is 5. The highest BCUT2D eigenvalue weighted by molar-refractivity contribution is 5.92. The van der Waals surface area contributed by atoms with E-state index >= 15 is 0 Å². The van der Waals surface area contributed by atoms with E-state index in [1.165, 1.54) is 6.08 Å². The summed E-state index contributed by atoms with van der Waals surface area (Å²) in [6.07, 6.45) is 5.21. The number of hydrogen-bond acceptors (Lipinski definition) is 3. The zero-order valence-corrected chi connectivity index (χ0v) is 15.5. The number of amides is 3. The average molecular weight is 374 g/mol. The molecule has 1 heterocycles. The van der Waals surface area contributed by atoms with Crippen molar-refractivity contribution in [3.8, 4) is 6.07 Å². The van der Waals surface area contributed by atoms with Crippen LogP contribution in [0.3, 0.4) is 0 Å². The van der Waals surface area contributed by atoms with Crippen LogP contribution in [0.2, 0.25) is 0 Å². The maximum atomic E-state index is 12.2. The summed E-state index contributed by atoms with van der Waals surface area (Å²) in [6.45, 7) is 1.95. The number of urea groups is 1. The van der Waals surface area contributed by atoms with Gasteiger partial charge in [0.05, 0.1) is 11.6 Å². The first kappa shape index (κ1) is 19.2. The molecule has 3 rings (SSSR count). The molecule has 6 heteroatoms. The molecule has 0 aliphatic carbocycles. The van der Waals surface area contributed by atoms with Crippen LogP contribution in [0.5, 0.6) is 0 Å². The minimum atomic E-state index is -0.228. The fraction of sp³-hybridized carbons (Fsp3) is 0.227. The van der Waals surface area contributed by atoms with Crippen LogP contribution in [0.4, 0.5) is 10.5 Å². The lowest BCUT2D eigenvalue weighted by atomic mass is 10.1. The summed E-state index contributed by atoms with van der Waals surface area (Å²) < 4.78 is 0. The maximum Gasteiger partial charge on any atom is 0.321 e. The second-order valence-corrected chi connectivity index (χ2v) is 6.61. The number of nitrogens with zero attached hydrogens (tertiary/aromatic N) is 2. The fourth-order valence-corrected chi connectivity index (χ4v) is 3.01. The molecule has 1 saturated heterocycles. The first-order valence-electron chi connectivity index (χ1n) is 9.25. The van der Waals surface area contributed by atoms with Crippen molar-refractivity contribution < 1.29 is 9.59 Å². The normalized spacial score (nSPS) is 13.3. The van der Waals surface area contributed by atoms with Crippen LogP contribution in [0.1, 0.15) is 29.5 Å². The molecule has 3 amide bonds. The number of hydrogen-bond donors (Lipinski definition) is 2. The molecule has 0 spiro atoms. The van der Waals surface area contributed by atoms with E-state index in [2.05, 4.69) is 16.7 Å². The second-order valence-electron chi connectivity index (χ2n) is 6.61. The number of nitriles is 1. The first-order valence-corrected chi connectivity index (χ1v) is 9.25. The Morgan fingerprint density at radius 1 is 1.11 bits per heavy atom. The van der Waals surface area contributed by atoms with Crippen LogP contribution in [0.25, 0.3) is 6.08 Å². The third kappa shape index (κ3) is 5.45. The SMILES string of the molecule is N#Cc1cccc(/C=C/C(=O)NCc2cccc(NC(=O)N3CCCC3)c2)c1. The molecular weight excluding hydrogens is 352 g/mol. The van der Waals surface area contributed by atoms with Gasteiger partial charge in [0.25, 0.3) is 0 Å². The number of nitrogens with one attached hydrogen (secondary N) is 2. The van der Waals surface area contributed by atoms with Crippen molar-refractivity contribution in [1.29, 1.82) is 5.26 Å². The molecule has 0 bridgehead atoms. The summed E-state index contributed by atoms with van der Waals surface area (Å²) in [5.41, 5.74) is 2.95. The van der Waals surface area contributed by atoms with Crippen molar-refractivity contribution in [2.24, 2.45) is 0 Å². The Bertz CT molecular complexity index is 924. The van der Waals surface area contributed by atoms with Gasteiger partial charge in [0, 0.05) is 31.4 Å². The minimum Gasteiger partial charge on any atom is -0.348 e. The van der Waals surface area contributed by atoms with Crippen molar-refractivity contribution in [2.75, 3.05) is 18.4 Å². The van der Waals surface area contributed by atoms with Gasteiger partial charge in [-0.05, 0) is 54.3 Å². The fourth-order valence-electron chi connectivity index (χ4n) is 3.01. The van der Waals surface area contributed by atoms with E-state index in [-0.39, 0.29) is 11.9 Å². The molecule has 6 nitrogen and oxygen atoms in total. The van der Waals surface area contributed by atoms with E-state index < -0.39 is 0 Å². The molecule has 0 aromatic heterocycles. The van der Waals surface area contributed by atoms with Gasteiger partial charge >= 0.3 is 6.03 Å². The van der Waals surface area contributed by atoms with Crippen LogP contribution in [-0.2, 0) is 11.3 Å². The van der Waals surface area contributed by atoms with Crippen molar-refractivity contribution in [3.63, 3.8) is 0 Å². The van der Waals surface area contributed by atoms with Gasteiger partial charge in [-0.1, -0.05) is 24.3 Å². The highest BCUT2D eigenvalue weighted by atomic mass is 16.2. The summed E-state index contributed by atoms with van der Waals surface area (Å²) in [5.74, 6) is -0.228. The minimum absolute atomic E-state index is 0.0822. The van der Waals surface area contributed by atoms with E-state index in [0.717, 1.165) is 37.1 Å². The van der Waals surface area contributed by atoms with Crippen LogP contribution in [0.15, 0.2) is 54.6 Å². The second kappa shape index (κ2) is 9.38. The zero-order chi connectivity index (χ0) is 19.8. The molecule has 1 fully saturated rings. The Kier molecular flexibility index (Phi) is 6.42. The molecule has 0 atom stereocenters. The third-order valence-corrected chi connectivity index (χ3v) is 4.48. The molecule has 2 N–H and O–H groups in total. The summed E-state index contributed by atoms with van der Waals surface area (Å²) in [5, 5.41) is 14.6. The van der Waals surface area contributed by atoms with Gasteiger partial charge in [0.2, 0.25) is 5.91 Å². The average Bonchev–Trinajstić information content (AvgIpc) is 3.26. The summed E-state index contributed by atoms with van der Waals surface area (Å²) in [6, 6.07) is 16.5. The Morgan fingerprint density at radius 3 is 2.68 bits per heavy atom. The predicted octanol–water partition coefficient (Wildman–Crippen LogP) is 3.52. The van der Waals surface area contributed by atoms with Crippen molar-refractivity contribution in [2.45, 2.75) is 19.4 Å². The number of carbonyl (C=O) groups is 2. The molecule has 0 saturated carbocycles. The lowest BCUT2D eigenvalue weighted by Gasteiger charge is -2.16. The van der Waals surface area contributed by atoms with E-state index in [4.69, 9.17) is 5.26 Å². The molecule has 0 radical (unpaired) electrons. The maximum absolute atomic E-state index is 12.2. The van der Waals surface area contributed by atoms with E-state index in [1.807, 2.05) is 30.3 Å². The van der Waals surface area contributed by atoms with Gasteiger partial charge in [-0.2, -0.15) is 5.26 Å². The highest BCUT2D eigenvalue weighted by Gasteiger charge is 2.17. The Morgan fingerprint density at radius 2 is 1.89 bits per heavy atom. The molecule has 1 aliphatic rings. The van der Waals surface area contributed by atoms with Crippen LogP contribution < -0.4 is 10.6 Å². The zero-order valence-electron chi connectivity index (χ0n) is 15.5. The van der Waals surface area contributed by atoms with E-state index in [1.54, 1.807) is 29.2 Å². The van der Waals surface area contributed by atoms with Gasteiger partial charge < -0.3 is 15.5 Å². The van der Waals surface area contributed by atoms with Crippen molar-refractivity contribution in [1.82, 2.24) is 10.2 Å². The predicted molar refractivity (Wildman–Crippen MR) is 108 cm³/mol. The van der Waals surface area contributed by atoms with Gasteiger partial charge in [0.15, 0.2) is 0 Å². The smallest absolute Gasteiger partial charge is 0.321 e. The Labute approximate surface area is 164 Å². The van der Waals surface area contributed by atoms with Crippen molar-refractivity contribution in [3.05, 3.63) is 71.3 Å². The van der Waals surface area contributed by atoms with Crippen molar-refractivity contribution >= 4 is 23.7 Å². The summed E-state index contributed by atoms with van der Waals surface area (Å²) >= 11 is 0. The third-order valence-electron chi connectivity index (χ3n) is 4.48. The quantitative estimate of drug-likeness (QED) is 0.785. The van der Waals surface area contributed by atoms with Crippen LogP contribution in [0, 0.1) is 11.3 Å². The lowest BCUT2D eigenvalue weighted by Crippen LogP contribution is -2.32.